The first-order valence-electron chi connectivity index (χ1n) is 18.3. The molecular formula is C40H54ClN3O5S. The number of halogens is 1. The maximum atomic E-state index is 13.3. The molecule has 10 heteroatoms. The summed E-state index contributed by atoms with van der Waals surface area (Å²) >= 11 is 6.47. The molecule has 2 fully saturated rings. The Morgan fingerprint density at radius 1 is 1.20 bits per heavy atom. The first kappa shape index (κ1) is 38.4. The quantitative estimate of drug-likeness (QED) is 0.160. The van der Waals surface area contributed by atoms with Crippen LogP contribution in [0.5, 0.6) is 5.75 Å². The number of ether oxygens (including phenoxy) is 3. The van der Waals surface area contributed by atoms with Gasteiger partial charge in [-0.15, -0.1) is 6.42 Å². The Labute approximate surface area is 306 Å². The number of nitrogens with one attached hydrogen (secondary N) is 1. The number of amides is 1. The van der Waals surface area contributed by atoms with Crippen LogP contribution in [-0.2, 0) is 26.9 Å². The molecule has 1 saturated heterocycles. The van der Waals surface area contributed by atoms with Gasteiger partial charge >= 0.3 is 0 Å². The number of benzene rings is 2. The van der Waals surface area contributed by atoms with Gasteiger partial charge in [-0.25, -0.2) is 4.21 Å². The van der Waals surface area contributed by atoms with Gasteiger partial charge in [-0.3, -0.25) is 14.4 Å². The molecule has 0 radical (unpaired) electrons. The molecule has 1 saturated carbocycles. The van der Waals surface area contributed by atoms with Gasteiger partial charge in [-0.1, -0.05) is 49.9 Å². The summed E-state index contributed by atoms with van der Waals surface area (Å²) in [6, 6.07) is 11.7. The molecule has 0 bridgehead atoms. The zero-order valence-corrected chi connectivity index (χ0v) is 31.7. The van der Waals surface area contributed by atoms with E-state index in [1.807, 2.05) is 32.0 Å². The third-order valence-corrected chi connectivity index (χ3v) is 11.7. The highest BCUT2D eigenvalue weighted by Gasteiger charge is 2.47. The summed E-state index contributed by atoms with van der Waals surface area (Å²) in [5.41, 5.74) is 2.98. The minimum atomic E-state index is -1.48. The summed E-state index contributed by atoms with van der Waals surface area (Å²) in [7, 11) is -1.48. The molecule has 1 N–H and O–H groups in total. The topological polar surface area (TPSA) is 80.3 Å². The molecule has 2 aliphatic heterocycles. The summed E-state index contributed by atoms with van der Waals surface area (Å²) in [5.74, 6) is 3.95. The highest BCUT2D eigenvalue weighted by atomic mass is 35.5. The highest BCUT2D eigenvalue weighted by molar-refractivity contribution is 7.84. The average molecular weight is 724 g/mol. The monoisotopic (exact) mass is 723 g/mol. The normalized spacial score (nSPS) is 22.9. The number of morpholine rings is 1. The summed E-state index contributed by atoms with van der Waals surface area (Å²) in [6.45, 7) is 14.5. The van der Waals surface area contributed by atoms with Crippen LogP contribution in [0.1, 0.15) is 80.8 Å². The molecule has 0 aromatic heterocycles. The van der Waals surface area contributed by atoms with Gasteiger partial charge in [0.25, 0.3) is 5.91 Å². The van der Waals surface area contributed by atoms with Gasteiger partial charge in [0.15, 0.2) is 0 Å². The Balaban J connectivity index is 1.45. The molecule has 1 aliphatic carbocycles. The fraction of sp³-hybridized carbons (Fsp3) is 0.575. The van der Waals surface area contributed by atoms with Crippen molar-refractivity contribution in [2.75, 3.05) is 64.1 Å². The second-order valence-corrected chi connectivity index (χ2v) is 16.1. The molecule has 1 amide bonds. The van der Waals surface area contributed by atoms with Gasteiger partial charge in [-0.05, 0) is 93.0 Å². The lowest BCUT2D eigenvalue weighted by atomic mass is 9.64. The number of rotatable bonds is 15. The maximum absolute atomic E-state index is 13.3. The van der Waals surface area contributed by atoms with Crippen molar-refractivity contribution in [2.24, 2.45) is 11.8 Å². The van der Waals surface area contributed by atoms with Crippen molar-refractivity contribution >= 4 is 34.2 Å². The van der Waals surface area contributed by atoms with Crippen LogP contribution in [-0.4, -0.2) is 85.0 Å². The van der Waals surface area contributed by atoms with Crippen molar-refractivity contribution in [3.05, 3.63) is 70.3 Å². The third kappa shape index (κ3) is 9.32. The zero-order valence-electron chi connectivity index (χ0n) is 30.1. The second-order valence-electron chi connectivity index (χ2n) is 14.0. The van der Waals surface area contributed by atoms with E-state index in [0.717, 1.165) is 88.0 Å². The Morgan fingerprint density at radius 3 is 2.68 bits per heavy atom. The van der Waals surface area contributed by atoms with Crippen LogP contribution in [0.2, 0.25) is 5.02 Å². The molecule has 5 unspecified atom stereocenters. The summed E-state index contributed by atoms with van der Waals surface area (Å²) in [5, 5.41) is 0.542. The smallest absolute Gasteiger partial charge is 0.263 e. The van der Waals surface area contributed by atoms with E-state index in [2.05, 4.69) is 58.6 Å². The highest BCUT2D eigenvalue weighted by Crippen LogP contribution is 2.47. The van der Waals surface area contributed by atoms with Crippen molar-refractivity contribution in [3.63, 3.8) is 0 Å². The van der Waals surface area contributed by atoms with Crippen molar-refractivity contribution in [1.29, 1.82) is 0 Å². The summed E-state index contributed by atoms with van der Waals surface area (Å²) < 4.78 is 34.0. The van der Waals surface area contributed by atoms with Gasteiger partial charge in [0.2, 0.25) is 0 Å². The average Bonchev–Trinajstić information content (AvgIpc) is 3.28. The molecular weight excluding hydrogens is 670 g/mol. The fourth-order valence-electron chi connectivity index (χ4n) is 7.29. The maximum Gasteiger partial charge on any atom is 0.263 e. The van der Waals surface area contributed by atoms with Crippen LogP contribution >= 0.6 is 11.6 Å². The Morgan fingerprint density at radius 2 is 2.00 bits per heavy atom. The molecule has 8 nitrogen and oxygen atoms in total. The minimum absolute atomic E-state index is 0.0765. The minimum Gasteiger partial charge on any atom is -0.491 e. The molecule has 5 atom stereocenters. The van der Waals surface area contributed by atoms with Crippen LogP contribution < -0.4 is 14.4 Å². The van der Waals surface area contributed by atoms with E-state index >= 15 is 0 Å². The standard InChI is InChI=1S/C40H54ClN3O5S/c1-6-9-17-40(8-3,49-23-20-43-18-21-47-22-19-43)36-15-11-32(36)26-44-27-33(35-14-13-34(41)24-30(35)10-7-2)28-48-38-16-12-31(25-37(38)44)39(45)42-50(46)29(4)5/h3,9,12-14,16-17,24-25,29,32-33,36H,6-7,10-11,15,18-23,26-28H2,1-2,4-5H3,(H,42,45)/b17-9+. The zero-order chi connectivity index (χ0) is 35.7. The van der Waals surface area contributed by atoms with Crippen molar-refractivity contribution in [2.45, 2.75) is 76.6 Å². The Hall–Kier alpha value is -2.87. The second kappa shape index (κ2) is 18.1. The molecule has 0 spiro atoms. The Bertz CT molecular complexity index is 1550. The summed E-state index contributed by atoms with van der Waals surface area (Å²) in [6.07, 6.45) is 15.4. The van der Waals surface area contributed by atoms with Gasteiger partial charge in [0.1, 0.15) is 22.3 Å². The van der Waals surface area contributed by atoms with Crippen LogP contribution in [0, 0.1) is 24.2 Å². The number of allylic oxidation sites excluding steroid dienone is 1. The van der Waals surface area contributed by atoms with Crippen molar-refractivity contribution in [1.82, 2.24) is 9.62 Å². The van der Waals surface area contributed by atoms with Gasteiger partial charge < -0.3 is 19.1 Å². The lowest BCUT2D eigenvalue weighted by molar-refractivity contribution is -0.0702. The molecule has 2 heterocycles. The number of fused-ring (bicyclic) bond motifs is 1. The van der Waals surface area contributed by atoms with Crippen LogP contribution in [0.15, 0.2) is 48.6 Å². The van der Waals surface area contributed by atoms with Crippen LogP contribution in [0.3, 0.4) is 0 Å². The number of aryl methyl sites for hydroxylation is 1. The van der Waals surface area contributed by atoms with Crippen LogP contribution in [0.25, 0.3) is 0 Å². The van der Waals surface area contributed by atoms with E-state index in [1.165, 1.54) is 11.1 Å². The molecule has 2 aromatic rings. The largest absolute Gasteiger partial charge is 0.491 e. The summed E-state index contributed by atoms with van der Waals surface area (Å²) in [4.78, 5) is 18.0. The number of terminal acetylenes is 1. The van der Waals surface area contributed by atoms with Crippen LogP contribution in [0.4, 0.5) is 5.69 Å². The number of carbonyl (C=O) groups excluding carboxylic acids is 1. The molecule has 3 aliphatic rings. The molecule has 5 rings (SSSR count). The Kier molecular flexibility index (Phi) is 13.9. The van der Waals surface area contributed by atoms with Crippen molar-refractivity contribution < 1.29 is 23.2 Å². The lowest BCUT2D eigenvalue weighted by Gasteiger charge is -2.48. The molecule has 50 heavy (non-hydrogen) atoms. The van der Waals surface area contributed by atoms with Crippen molar-refractivity contribution in [3.8, 4) is 18.1 Å². The third-order valence-electron chi connectivity index (χ3n) is 10.2. The van der Waals surface area contributed by atoms with Gasteiger partial charge in [-0.2, -0.15) is 0 Å². The molecule has 2 aromatic carbocycles. The number of hydrogen-bond acceptors (Lipinski definition) is 7. The fourth-order valence-corrected chi connectivity index (χ4v) is 8.03. The van der Waals surface area contributed by atoms with E-state index in [1.54, 1.807) is 6.07 Å². The van der Waals surface area contributed by atoms with Gasteiger partial charge in [0, 0.05) is 60.4 Å². The number of hydrogen-bond donors (Lipinski definition) is 1. The molecule has 272 valence electrons. The SMILES string of the molecule is C#CC(/C=C/CC)(OCCN1CCOCC1)C1CCC1CN1CC(c2ccc(Cl)cc2CCC)COc2ccc(C(=O)NS(=O)C(C)C)cc21. The lowest BCUT2D eigenvalue weighted by Crippen LogP contribution is -2.51. The van der Waals surface area contributed by atoms with Gasteiger partial charge in [0.05, 0.1) is 32.1 Å². The van der Waals surface area contributed by atoms with E-state index in [0.29, 0.717) is 25.3 Å². The predicted molar refractivity (Wildman–Crippen MR) is 204 cm³/mol. The number of nitrogens with zero attached hydrogens (tertiary/aromatic N) is 2. The number of anilines is 1. The number of carbonyl (C=O) groups is 1. The van der Waals surface area contributed by atoms with E-state index in [9.17, 15) is 9.00 Å². The first-order valence-corrected chi connectivity index (χ1v) is 19.9. The predicted octanol–water partition coefficient (Wildman–Crippen LogP) is 6.79. The first-order chi connectivity index (χ1) is 24.2. The van der Waals surface area contributed by atoms with E-state index in [4.69, 9.17) is 32.2 Å². The van der Waals surface area contributed by atoms with E-state index < -0.39 is 16.6 Å². The van der Waals surface area contributed by atoms with E-state index in [-0.39, 0.29) is 28.9 Å².